The first-order valence-electron chi connectivity index (χ1n) is 13.8. The van der Waals surface area contributed by atoms with Gasteiger partial charge < -0.3 is 9.84 Å². The standard InChI is InChI=1S/C31H33F4N3O4/c1-29(2)17-38(25(16-42-3)18-4-6-20(7-5-18)31(33,34)35)13-12-30(29,41)23-9-10-24-22(27(23)32)14-19(15-36-24)21-8-11-26(39)37-28(21)40/h4-7,9-10,14-15,21,25,41H,8,11-13,16-17H2,1-3H3,(H,37,39,40)/t21?,25?,30-/m0/s1. The van der Waals surface area contributed by atoms with E-state index >= 15 is 4.39 Å². The second kappa shape index (κ2) is 11.0. The van der Waals surface area contributed by atoms with Gasteiger partial charge in [-0.25, -0.2) is 4.39 Å². The fourth-order valence-electron chi connectivity index (χ4n) is 6.29. The molecule has 2 N–H and O–H groups in total. The van der Waals surface area contributed by atoms with E-state index in [1.807, 2.05) is 18.7 Å². The minimum absolute atomic E-state index is 0.111. The zero-order chi connectivity index (χ0) is 30.4. The fraction of sp³-hybridized carbons (Fsp3) is 0.452. The summed E-state index contributed by atoms with van der Waals surface area (Å²) in [7, 11) is 1.52. The van der Waals surface area contributed by atoms with E-state index in [4.69, 9.17) is 4.74 Å². The van der Waals surface area contributed by atoms with Gasteiger partial charge in [0.05, 0.1) is 35.2 Å². The van der Waals surface area contributed by atoms with Crippen LogP contribution >= 0.6 is 0 Å². The predicted octanol–water partition coefficient (Wildman–Crippen LogP) is 5.22. The van der Waals surface area contributed by atoms with Gasteiger partial charge in [-0.3, -0.25) is 24.8 Å². The molecule has 2 aliphatic rings. The van der Waals surface area contributed by atoms with Crippen molar-refractivity contribution in [3.8, 4) is 0 Å². The highest BCUT2D eigenvalue weighted by Gasteiger charge is 2.51. The molecule has 3 heterocycles. The number of pyridine rings is 1. The summed E-state index contributed by atoms with van der Waals surface area (Å²) in [4.78, 5) is 30.4. The number of hydrogen-bond acceptors (Lipinski definition) is 6. The molecule has 0 saturated carbocycles. The number of methoxy groups -OCH3 is 1. The zero-order valence-electron chi connectivity index (χ0n) is 23.6. The van der Waals surface area contributed by atoms with Crippen molar-refractivity contribution < 1.29 is 37.0 Å². The average molecular weight is 588 g/mol. The van der Waals surface area contributed by atoms with Gasteiger partial charge in [0, 0.05) is 49.2 Å². The van der Waals surface area contributed by atoms with Gasteiger partial charge in [0.1, 0.15) is 5.82 Å². The van der Waals surface area contributed by atoms with E-state index in [1.54, 1.807) is 12.1 Å². The summed E-state index contributed by atoms with van der Waals surface area (Å²) in [6.45, 7) is 4.53. The maximum absolute atomic E-state index is 16.2. The van der Waals surface area contributed by atoms with Crippen molar-refractivity contribution in [3.63, 3.8) is 0 Å². The third-order valence-corrected chi connectivity index (χ3v) is 8.77. The number of halogens is 4. The van der Waals surface area contributed by atoms with Crippen molar-refractivity contribution in [1.29, 1.82) is 0 Å². The molecule has 2 amide bonds. The molecule has 224 valence electrons. The van der Waals surface area contributed by atoms with Crippen molar-refractivity contribution in [2.45, 2.75) is 56.8 Å². The van der Waals surface area contributed by atoms with E-state index in [1.165, 1.54) is 31.5 Å². The summed E-state index contributed by atoms with van der Waals surface area (Å²) in [6, 6.07) is 9.34. The summed E-state index contributed by atoms with van der Waals surface area (Å²) >= 11 is 0. The number of alkyl halides is 3. The van der Waals surface area contributed by atoms with Gasteiger partial charge in [-0.15, -0.1) is 0 Å². The number of imide groups is 1. The highest BCUT2D eigenvalue weighted by atomic mass is 19.4. The summed E-state index contributed by atoms with van der Waals surface area (Å²) < 4.78 is 61.0. The number of carbonyl (C=O) groups excluding carboxylic acids is 2. The van der Waals surface area contributed by atoms with E-state index in [0.29, 0.717) is 36.2 Å². The number of aromatic nitrogens is 1. The number of likely N-dealkylation sites (tertiary alicyclic amines) is 1. The van der Waals surface area contributed by atoms with Gasteiger partial charge in [0.15, 0.2) is 0 Å². The Balaban J connectivity index is 1.44. The van der Waals surface area contributed by atoms with E-state index < -0.39 is 40.4 Å². The minimum atomic E-state index is -4.44. The van der Waals surface area contributed by atoms with Crippen LogP contribution in [0.2, 0.25) is 0 Å². The lowest BCUT2D eigenvalue weighted by Gasteiger charge is -2.52. The number of ether oxygens (including phenoxy) is 1. The molecule has 7 nitrogen and oxygen atoms in total. The molecular formula is C31H33F4N3O4. The first-order chi connectivity index (χ1) is 19.7. The number of carbonyl (C=O) groups is 2. The Labute approximate surface area is 240 Å². The summed E-state index contributed by atoms with van der Waals surface area (Å²) in [5.41, 5.74) is -1.58. The predicted molar refractivity (Wildman–Crippen MR) is 147 cm³/mol. The quantitative estimate of drug-likeness (QED) is 0.304. The SMILES string of the molecule is COCC(c1ccc(C(F)(F)F)cc1)N1CC[C@](O)(c2ccc3ncc(C4CCC(=O)NC4=O)cc3c2F)C(C)(C)C1. The molecule has 2 aromatic carbocycles. The number of fused-ring (bicyclic) bond motifs is 1. The largest absolute Gasteiger partial charge is 0.416 e. The highest BCUT2D eigenvalue weighted by molar-refractivity contribution is 6.01. The molecule has 3 aromatic rings. The Bertz CT molecular complexity index is 1510. The lowest BCUT2D eigenvalue weighted by molar-refractivity contribution is -0.138. The molecule has 42 heavy (non-hydrogen) atoms. The maximum Gasteiger partial charge on any atom is 0.416 e. The first-order valence-corrected chi connectivity index (χ1v) is 13.8. The summed E-state index contributed by atoms with van der Waals surface area (Å²) in [6.07, 6.45) is -2.30. The van der Waals surface area contributed by atoms with Crippen LogP contribution in [0.25, 0.3) is 10.9 Å². The van der Waals surface area contributed by atoms with Crippen molar-refractivity contribution in [2.75, 3.05) is 26.8 Å². The first kappa shape index (κ1) is 30.1. The summed E-state index contributed by atoms with van der Waals surface area (Å²) in [5.74, 6) is -2.06. The topological polar surface area (TPSA) is 91.8 Å². The molecule has 1 aromatic heterocycles. The van der Waals surface area contributed by atoms with Crippen LogP contribution in [0.4, 0.5) is 17.6 Å². The minimum Gasteiger partial charge on any atom is -0.384 e. The number of rotatable bonds is 6. The smallest absolute Gasteiger partial charge is 0.384 e. The van der Waals surface area contributed by atoms with E-state index in [9.17, 15) is 27.9 Å². The number of nitrogens with zero attached hydrogens (tertiary/aromatic N) is 2. The monoisotopic (exact) mass is 587 g/mol. The van der Waals surface area contributed by atoms with Crippen LogP contribution in [0.3, 0.4) is 0 Å². The molecule has 11 heteroatoms. The molecule has 0 spiro atoms. The molecule has 2 aliphatic heterocycles. The van der Waals surface area contributed by atoms with Crippen LogP contribution in [-0.2, 0) is 26.1 Å². The number of hydrogen-bond donors (Lipinski definition) is 2. The van der Waals surface area contributed by atoms with Gasteiger partial charge >= 0.3 is 6.18 Å². The van der Waals surface area contributed by atoms with Crippen LogP contribution in [0.5, 0.6) is 0 Å². The normalized spacial score (nSPS) is 24.0. The molecule has 0 bridgehead atoms. The number of nitrogens with one attached hydrogen (secondary N) is 1. The fourth-order valence-corrected chi connectivity index (χ4v) is 6.29. The maximum atomic E-state index is 16.2. The zero-order valence-corrected chi connectivity index (χ0v) is 23.6. The van der Waals surface area contributed by atoms with Crippen LogP contribution in [0.15, 0.2) is 48.7 Å². The molecule has 0 radical (unpaired) electrons. The Morgan fingerprint density at radius 1 is 1.17 bits per heavy atom. The summed E-state index contributed by atoms with van der Waals surface area (Å²) in [5, 5.41) is 14.6. The van der Waals surface area contributed by atoms with Crippen molar-refractivity contribution in [2.24, 2.45) is 5.41 Å². The van der Waals surface area contributed by atoms with Gasteiger partial charge in [0.2, 0.25) is 11.8 Å². The van der Waals surface area contributed by atoms with Gasteiger partial charge in [-0.2, -0.15) is 13.2 Å². The molecule has 2 unspecified atom stereocenters. The number of piperidine rings is 2. The molecule has 2 fully saturated rings. The van der Waals surface area contributed by atoms with Crippen LogP contribution < -0.4 is 5.32 Å². The van der Waals surface area contributed by atoms with Gasteiger partial charge in [0.25, 0.3) is 0 Å². The van der Waals surface area contributed by atoms with E-state index in [2.05, 4.69) is 10.3 Å². The van der Waals surface area contributed by atoms with Crippen molar-refractivity contribution >= 4 is 22.7 Å². The molecule has 0 aliphatic carbocycles. The second-order valence-electron chi connectivity index (χ2n) is 11.8. The van der Waals surface area contributed by atoms with Gasteiger partial charge in [-0.1, -0.05) is 32.0 Å². The van der Waals surface area contributed by atoms with Crippen LogP contribution in [-0.4, -0.2) is 53.6 Å². The molecule has 2 saturated heterocycles. The Morgan fingerprint density at radius 2 is 1.88 bits per heavy atom. The van der Waals surface area contributed by atoms with Gasteiger partial charge in [-0.05, 0) is 48.2 Å². The van der Waals surface area contributed by atoms with Crippen LogP contribution in [0, 0.1) is 11.2 Å². The number of benzene rings is 2. The number of amides is 2. The lowest BCUT2D eigenvalue weighted by Crippen LogP contribution is -2.56. The Hall–Kier alpha value is -3.41. The molecule has 5 rings (SSSR count). The van der Waals surface area contributed by atoms with Crippen LogP contribution in [0.1, 0.15) is 67.3 Å². The van der Waals surface area contributed by atoms with E-state index in [-0.39, 0.29) is 42.3 Å². The lowest BCUT2D eigenvalue weighted by atomic mass is 9.66. The second-order valence-corrected chi connectivity index (χ2v) is 11.8. The molecule has 3 atom stereocenters. The van der Waals surface area contributed by atoms with Crippen molar-refractivity contribution in [1.82, 2.24) is 15.2 Å². The van der Waals surface area contributed by atoms with E-state index in [0.717, 1.165) is 12.1 Å². The third kappa shape index (κ3) is 5.41. The Morgan fingerprint density at radius 3 is 2.50 bits per heavy atom. The third-order valence-electron chi connectivity index (χ3n) is 8.77. The highest BCUT2D eigenvalue weighted by Crippen LogP contribution is 2.49. The average Bonchev–Trinajstić information content (AvgIpc) is 2.93. The van der Waals surface area contributed by atoms with Crippen molar-refractivity contribution in [3.05, 3.63) is 76.7 Å². The Kier molecular flexibility index (Phi) is 7.88. The number of aliphatic hydroxyl groups is 1. The molecular weight excluding hydrogens is 554 g/mol.